The Morgan fingerprint density at radius 3 is 2.48 bits per heavy atom. The number of nitrogens with zero attached hydrogens (tertiary/aromatic N) is 1. The molecule has 33 heavy (non-hydrogen) atoms. The van der Waals surface area contributed by atoms with Crippen molar-refractivity contribution in [2.75, 3.05) is 16.8 Å². The van der Waals surface area contributed by atoms with E-state index in [1.165, 1.54) is 34.1 Å². The Hall–Kier alpha value is -3.34. The van der Waals surface area contributed by atoms with Crippen molar-refractivity contribution in [2.24, 2.45) is 0 Å². The largest absolute Gasteiger partial charge is 0.481 e. The van der Waals surface area contributed by atoms with Crippen molar-refractivity contribution in [3.63, 3.8) is 0 Å². The van der Waals surface area contributed by atoms with Crippen LogP contribution < -0.4 is 10.2 Å². The lowest BCUT2D eigenvalue weighted by Gasteiger charge is -2.34. The van der Waals surface area contributed by atoms with Gasteiger partial charge in [-0.05, 0) is 72.7 Å². The van der Waals surface area contributed by atoms with Crippen molar-refractivity contribution in [1.82, 2.24) is 0 Å². The van der Waals surface area contributed by atoms with Crippen LogP contribution in [0.15, 0.2) is 60.7 Å². The predicted octanol–water partition coefficient (Wildman–Crippen LogP) is 6.87. The second-order valence-corrected chi connectivity index (χ2v) is 8.00. The number of para-hydroxylation sites is 1. The number of nitrogens with one attached hydrogen (secondary N) is 1. The van der Waals surface area contributed by atoms with Gasteiger partial charge in [0.05, 0.1) is 0 Å². The van der Waals surface area contributed by atoms with Gasteiger partial charge in [-0.3, -0.25) is 4.79 Å². The Kier molecular flexibility index (Phi) is 8.47. The Labute approximate surface area is 196 Å². The summed E-state index contributed by atoms with van der Waals surface area (Å²) in [5.74, 6) is -1.29. The van der Waals surface area contributed by atoms with Gasteiger partial charge in [-0.1, -0.05) is 50.2 Å². The van der Waals surface area contributed by atoms with E-state index in [4.69, 9.17) is 5.11 Å². The zero-order valence-electron chi connectivity index (χ0n) is 19.7. The number of carbonyl (C=O) groups is 1. The van der Waals surface area contributed by atoms with Crippen LogP contribution in [0.25, 0.3) is 0 Å². The number of aryl methyl sites for hydroxylation is 2. The second kappa shape index (κ2) is 11.5. The van der Waals surface area contributed by atoms with Crippen molar-refractivity contribution in [2.45, 2.75) is 53.0 Å². The van der Waals surface area contributed by atoms with E-state index in [1.54, 1.807) is 6.07 Å². The molecule has 0 saturated carbocycles. The lowest BCUT2D eigenvalue weighted by atomic mass is 9.94. The molecule has 0 spiro atoms. The van der Waals surface area contributed by atoms with Crippen LogP contribution in [0.3, 0.4) is 0 Å². The van der Waals surface area contributed by atoms with Crippen LogP contribution in [0.1, 0.15) is 48.9 Å². The topological polar surface area (TPSA) is 52.6 Å². The molecule has 2 N–H and O–H groups in total. The first kappa shape index (κ1) is 24.3. The Bertz CT molecular complexity index is 1080. The highest BCUT2D eigenvalue weighted by Gasteiger charge is 2.21. The maximum absolute atomic E-state index is 14.3. The third-order valence-electron chi connectivity index (χ3n) is 5.94. The van der Waals surface area contributed by atoms with E-state index in [0.29, 0.717) is 17.8 Å². The fourth-order valence-corrected chi connectivity index (χ4v) is 4.27. The van der Waals surface area contributed by atoms with E-state index < -0.39 is 5.97 Å². The number of anilines is 3. The summed E-state index contributed by atoms with van der Waals surface area (Å²) >= 11 is 0. The maximum Gasteiger partial charge on any atom is 0.303 e. The van der Waals surface area contributed by atoms with Gasteiger partial charge in [0.25, 0.3) is 0 Å². The lowest BCUT2D eigenvalue weighted by Crippen LogP contribution is -2.26. The highest BCUT2D eigenvalue weighted by Crippen LogP contribution is 2.37. The highest BCUT2D eigenvalue weighted by atomic mass is 19.1. The van der Waals surface area contributed by atoms with Crippen molar-refractivity contribution < 1.29 is 14.3 Å². The van der Waals surface area contributed by atoms with Gasteiger partial charge in [0.1, 0.15) is 5.82 Å². The number of aliphatic carboxylic acids is 1. The summed E-state index contributed by atoms with van der Waals surface area (Å²) in [6.07, 6.45) is 2.33. The third-order valence-corrected chi connectivity index (χ3v) is 5.94. The Morgan fingerprint density at radius 2 is 1.79 bits per heavy atom. The number of hydrogen-bond acceptors (Lipinski definition) is 3. The Morgan fingerprint density at radius 1 is 1.06 bits per heavy atom. The number of hydrogen-bond donors (Lipinski definition) is 2. The van der Waals surface area contributed by atoms with Gasteiger partial charge >= 0.3 is 5.97 Å². The van der Waals surface area contributed by atoms with Gasteiger partial charge < -0.3 is 15.3 Å². The first-order chi connectivity index (χ1) is 16.0. The van der Waals surface area contributed by atoms with E-state index in [0.717, 1.165) is 19.4 Å². The highest BCUT2D eigenvalue weighted by molar-refractivity contribution is 5.72. The van der Waals surface area contributed by atoms with E-state index in [-0.39, 0.29) is 18.7 Å². The normalized spacial score (nSPS) is 12.4. The van der Waals surface area contributed by atoms with Gasteiger partial charge in [-0.15, -0.1) is 0 Å². The Balaban J connectivity index is 0.00000149. The standard InChI is InChI=1S/C26H27FN2O2.C2H6/c1-18-21(17-28-22-13-11-19(24(27)16-22)12-14-25(30)31)10-9-20-6-5-15-29(26(18)20)23-7-3-2-4-8-23;1-2/h2-4,7-11,13,16,28H,5-6,12,14-15,17H2,1H3,(H,30,31);1-2H3. The van der Waals surface area contributed by atoms with Crippen molar-refractivity contribution >= 4 is 23.0 Å². The minimum Gasteiger partial charge on any atom is -0.481 e. The third kappa shape index (κ3) is 5.92. The molecule has 4 nitrogen and oxygen atoms in total. The van der Waals surface area contributed by atoms with Gasteiger partial charge in [-0.25, -0.2) is 4.39 Å². The molecular formula is C28H33FN2O2. The molecule has 0 unspecified atom stereocenters. The summed E-state index contributed by atoms with van der Waals surface area (Å²) in [5.41, 5.74) is 7.39. The molecule has 0 saturated heterocycles. The van der Waals surface area contributed by atoms with E-state index >= 15 is 0 Å². The molecule has 0 aliphatic carbocycles. The van der Waals surface area contributed by atoms with Gasteiger partial charge in [0.15, 0.2) is 0 Å². The molecule has 0 aromatic heterocycles. The molecule has 0 amide bonds. The van der Waals surface area contributed by atoms with Crippen molar-refractivity contribution in [3.8, 4) is 0 Å². The quantitative estimate of drug-likeness (QED) is 0.414. The zero-order chi connectivity index (χ0) is 23.8. The summed E-state index contributed by atoms with van der Waals surface area (Å²) in [6, 6.07) is 19.8. The molecule has 174 valence electrons. The first-order valence-electron chi connectivity index (χ1n) is 11.7. The molecule has 0 atom stereocenters. The summed E-state index contributed by atoms with van der Waals surface area (Å²) in [6.45, 7) is 7.75. The summed E-state index contributed by atoms with van der Waals surface area (Å²) in [5, 5.41) is 12.1. The molecule has 3 aromatic carbocycles. The minimum absolute atomic E-state index is 0.0735. The number of carboxylic acid groups (broad SMARTS) is 1. The SMILES string of the molecule is CC.Cc1c(CNc2ccc(CCC(=O)O)c(F)c2)ccc2c1N(c1ccccc1)CCC2. The molecule has 0 fully saturated rings. The fourth-order valence-electron chi connectivity index (χ4n) is 4.27. The van der Waals surface area contributed by atoms with Crippen LogP contribution in [0.4, 0.5) is 21.5 Å². The smallest absolute Gasteiger partial charge is 0.303 e. The van der Waals surface area contributed by atoms with E-state index in [1.807, 2.05) is 26.0 Å². The van der Waals surface area contributed by atoms with E-state index in [2.05, 4.69) is 53.5 Å². The monoisotopic (exact) mass is 448 g/mol. The van der Waals surface area contributed by atoms with Crippen LogP contribution in [0.5, 0.6) is 0 Å². The molecule has 1 heterocycles. The van der Waals surface area contributed by atoms with Crippen molar-refractivity contribution in [3.05, 3.63) is 88.7 Å². The molecule has 1 aliphatic heterocycles. The van der Waals surface area contributed by atoms with Gasteiger partial charge in [-0.2, -0.15) is 0 Å². The van der Waals surface area contributed by atoms with Crippen LogP contribution >= 0.6 is 0 Å². The van der Waals surface area contributed by atoms with Crippen LogP contribution in [0, 0.1) is 12.7 Å². The zero-order valence-corrected chi connectivity index (χ0v) is 19.7. The number of benzene rings is 3. The van der Waals surface area contributed by atoms with E-state index in [9.17, 15) is 9.18 Å². The molecule has 1 aliphatic rings. The van der Waals surface area contributed by atoms with Crippen LogP contribution in [-0.4, -0.2) is 17.6 Å². The maximum atomic E-state index is 14.3. The van der Waals surface area contributed by atoms with Gasteiger partial charge in [0, 0.05) is 36.6 Å². The summed E-state index contributed by atoms with van der Waals surface area (Å²) < 4.78 is 14.3. The number of carboxylic acids is 1. The number of halogens is 1. The predicted molar refractivity (Wildman–Crippen MR) is 134 cm³/mol. The lowest BCUT2D eigenvalue weighted by molar-refractivity contribution is -0.136. The summed E-state index contributed by atoms with van der Waals surface area (Å²) in [4.78, 5) is 13.1. The number of fused-ring (bicyclic) bond motifs is 1. The molecule has 3 aromatic rings. The average Bonchev–Trinajstić information content (AvgIpc) is 2.84. The van der Waals surface area contributed by atoms with Crippen LogP contribution in [-0.2, 0) is 24.2 Å². The van der Waals surface area contributed by atoms with Crippen molar-refractivity contribution in [1.29, 1.82) is 0 Å². The number of rotatable bonds is 7. The molecule has 0 bridgehead atoms. The van der Waals surface area contributed by atoms with Gasteiger partial charge in [0.2, 0.25) is 0 Å². The molecular weight excluding hydrogens is 415 g/mol. The molecule has 5 heteroatoms. The van der Waals surface area contributed by atoms with Crippen LogP contribution in [0.2, 0.25) is 0 Å². The second-order valence-electron chi connectivity index (χ2n) is 8.00. The molecule has 4 rings (SSSR count). The summed E-state index contributed by atoms with van der Waals surface area (Å²) in [7, 11) is 0. The average molecular weight is 449 g/mol. The molecule has 0 radical (unpaired) electrons. The first-order valence-corrected chi connectivity index (χ1v) is 11.7. The fraction of sp³-hybridized carbons (Fsp3) is 0.321. The minimum atomic E-state index is -0.922.